The van der Waals surface area contributed by atoms with Crippen LogP contribution in [0.25, 0.3) is 0 Å². The van der Waals surface area contributed by atoms with Crippen molar-refractivity contribution in [2.24, 2.45) is 0 Å². The standard InChI is InChI=1S/C66H127N2O6P/c1-6-8-10-12-14-16-18-20-22-24-26-28-30-32-33-34-35-36-38-40-42-44-46-48-50-52-54-56-58-60-66(70)67-64(63-74-75(71,72)73-62-61-68(3,4)5)65(69)59-57-55-53-51-49-47-45-43-41-39-37-31-29-27-25-23-21-19-17-15-13-11-9-7-2/h18,20,24,26,49,51,57,59,64-65,69H,6-17,19,21-23,25,27-48,50,52-56,58,60-63H2,1-5H3,(H-,67,70,71,72)/p+1/b20-18-,26-24-,51-49+,59-57+. The number of hydrogen-bond donors (Lipinski definition) is 3. The van der Waals surface area contributed by atoms with Crippen LogP contribution in [-0.2, 0) is 18.4 Å². The van der Waals surface area contributed by atoms with Crippen molar-refractivity contribution >= 4 is 13.7 Å². The van der Waals surface area contributed by atoms with E-state index in [1.807, 2.05) is 27.2 Å². The zero-order chi connectivity index (χ0) is 54.9. The first kappa shape index (κ1) is 73.5. The van der Waals surface area contributed by atoms with Crippen LogP contribution >= 0.6 is 7.82 Å². The van der Waals surface area contributed by atoms with Gasteiger partial charge in [-0.05, 0) is 64.2 Å². The fourth-order valence-corrected chi connectivity index (χ4v) is 10.4. The Morgan fingerprint density at radius 2 is 0.773 bits per heavy atom. The topological polar surface area (TPSA) is 105 Å². The van der Waals surface area contributed by atoms with Gasteiger partial charge in [0.2, 0.25) is 5.91 Å². The number of likely N-dealkylation sites (N-methyl/N-ethyl adjacent to an activating group) is 1. The van der Waals surface area contributed by atoms with Gasteiger partial charge in [-0.15, -0.1) is 0 Å². The summed E-state index contributed by atoms with van der Waals surface area (Å²) in [6.45, 7) is 4.83. The van der Waals surface area contributed by atoms with Gasteiger partial charge in [-0.25, -0.2) is 4.57 Å². The molecule has 0 heterocycles. The van der Waals surface area contributed by atoms with Crippen molar-refractivity contribution in [3.05, 3.63) is 48.6 Å². The molecule has 0 aliphatic heterocycles. The number of carbonyl (C=O) groups excluding carboxylic acids is 1. The number of rotatable bonds is 60. The van der Waals surface area contributed by atoms with Crippen molar-refractivity contribution in [1.82, 2.24) is 5.32 Å². The third-order valence-corrected chi connectivity index (χ3v) is 15.8. The number of nitrogens with one attached hydrogen (secondary N) is 1. The molecule has 0 spiro atoms. The molecule has 0 aromatic rings. The van der Waals surface area contributed by atoms with Crippen LogP contribution in [0.2, 0.25) is 0 Å². The summed E-state index contributed by atoms with van der Waals surface area (Å²) >= 11 is 0. The molecule has 0 aliphatic rings. The minimum atomic E-state index is -4.36. The number of nitrogens with zero attached hydrogens (tertiary/aromatic N) is 1. The third kappa shape index (κ3) is 60.0. The highest BCUT2D eigenvalue weighted by Gasteiger charge is 2.27. The molecule has 3 atom stereocenters. The number of phosphoric acid groups is 1. The molecule has 75 heavy (non-hydrogen) atoms. The molecule has 0 aromatic heterocycles. The van der Waals surface area contributed by atoms with Crippen LogP contribution in [0.4, 0.5) is 0 Å². The van der Waals surface area contributed by atoms with Crippen LogP contribution < -0.4 is 5.32 Å². The van der Waals surface area contributed by atoms with Crippen LogP contribution in [0.5, 0.6) is 0 Å². The Kier molecular flexibility index (Phi) is 56.0. The highest BCUT2D eigenvalue weighted by molar-refractivity contribution is 7.47. The maximum Gasteiger partial charge on any atom is 0.472 e. The molecule has 1 amide bonds. The largest absolute Gasteiger partial charge is 0.472 e. The molecular weight excluding hydrogens is 948 g/mol. The van der Waals surface area contributed by atoms with Gasteiger partial charge in [0.15, 0.2) is 0 Å². The van der Waals surface area contributed by atoms with Gasteiger partial charge in [0.25, 0.3) is 0 Å². The molecule has 0 aliphatic carbocycles. The Bertz CT molecular complexity index is 1360. The second kappa shape index (κ2) is 57.2. The molecule has 8 nitrogen and oxygen atoms in total. The summed E-state index contributed by atoms with van der Waals surface area (Å²) in [5.74, 6) is -0.182. The van der Waals surface area contributed by atoms with E-state index in [9.17, 15) is 19.4 Å². The number of aliphatic hydroxyl groups is 1. The number of allylic oxidation sites excluding steroid dienone is 7. The Balaban J connectivity index is 4.14. The maximum atomic E-state index is 13.0. The van der Waals surface area contributed by atoms with Crippen LogP contribution in [0.1, 0.15) is 316 Å². The third-order valence-electron chi connectivity index (χ3n) is 14.8. The molecule has 0 saturated carbocycles. The second-order valence-electron chi connectivity index (χ2n) is 23.5. The first-order valence-corrected chi connectivity index (χ1v) is 34.0. The van der Waals surface area contributed by atoms with Gasteiger partial charge in [-0.3, -0.25) is 13.8 Å². The smallest absolute Gasteiger partial charge is 0.387 e. The van der Waals surface area contributed by atoms with Gasteiger partial charge >= 0.3 is 7.82 Å². The van der Waals surface area contributed by atoms with E-state index in [2.05, 4.69) is 55.6 Å². The number of carbonyl (C=O) groups is 1. The van der Waals surface area contributed by atoms with Gasteiger partial charge in [-0.2, -0.15) is 0 Å². The van der Waals surface area contributed by atoms with E-state index in [-0.39, 0.29) is 19.1 Å². The molecule has 442 valence electrons. The Morgan fingerprint density at radius 1 is 0.453 bits per heavy atom. The number of aliphatic hydroxyl groups excluding tert-OH is 1. The van der Waals surface area contributed by atoms with E-state index in [1.54, 1.807) is 6.08 Å². The van der Waals surface area contributed by atoms with Crippen molar-refractivity contribution in [2.75, 3.05) is 40.9 Å². The lowest BCUT2D eigenvalue weighted by atomic mass is 10.0. The van der Waals surface area contributed by atoms with Crippen LogP contribution in [0.3, 0.4) is 0 Å². The van der Waals surface area contributed by atoms with Gasteiger partial charge in [0.1, 0.15) is 13.2 Å². The van der Waals surface area contributed by atoms with Crippen molar-refractivity contribution in [2.45, 2.75) is 328 Å². The predicted molar refractivity (Wildman–Crippen MR) is 327 cm³/mol. The first-order valence-electron chi connectivity index (χ1n) is 32.5. The van der Waals surface area contributed by atoms with E-state index in [0.717, 1.165) is 44.9 Å². The van der Waals surface area contributed by atoms with Crippen LogP contribution in [0, 0.1) is 0 Å². The predicted octanol–water partition coefficient (Wildman–Crippen LogP) is 20.3. The summed E-state index contributed by atoms with van der Waals surface area (Å²) in [6.07, 6.45) is 76.7. The normalized spacial score (nSPS) is 14.1. The van der Waals surface area contributed by atoms with Gasteiger partial charge in [0.05, 0.1) is 39.9 Å². The summed E-state index contributed by atoms with van der Waals surface area (Å²) in [7, 11) is 1.56. The molecule has 3 N–H and O–H groups in total. The monoisotopic (exact) mass is 1080 g/mol. The molecule has 0 rings (SSSR count). The summed E-state index contributed by atoms with van der Waals surface area (Å²) in [5.41, 5.74) is 0. The van der Waals surface area contributed by atoms with E-state index in [0.29, 0.717) is 17.4 Å². The maximum absolute atomic E-state index is 13.0. The summed E-state index contributed by atoms with van der Waals surface area (Å²) < 4.78 is 23.8. The van der Waals surface area contributed by atoms with Gasteiger partial charge < -0.3 is 19.8 Å². The van der Waals surface area contributed by atoms with Crippen molar-refractivity contribution in [3.63, 3.8) is 0 Å². The van der Waals surface area contributed by atoms with Gasteiger partial charge in [0, 0.05) is 6.42 Å². The van der Waals surface area contributed by atoms with Crippen molar-refractivity contribution in [3.8, 4) is 0 Å². The molecule has 0 radical (unpaired) electrons. The minimum absolute atomic E-state index is 0.0568. The van der Waals surface area contributed by atoms with Crippen LogP contribution in [-0.4, -0.2) is 73.4 Å². The second-order valence-corrected chi connectivity index (χ2v) is 24.9. The fourth-order valence-electron chi connectivity index (χ4n) is 9.68. The van der Waals surface area contributed by atoms with Crippen LogP contribution in [0.15, 0.2) is 48.6 Å². The number of hydrogen-bond acceptors (Lipinski definition) is 5. The van der Waals surface area contributed by atoms with Crippen molar-refractivity contribution < 1.29 is 32.9 Å². The van der Waals surface area contributed by atoms with E-state index >= 15 is 0 Å². The minimum Gasteiger partial charge on any atom is -0.387 e. The number of phosphoric ester groups is 1. The Morgan fingerprint density at radius 3 is 1.15 bits per heavy atom. The average molecular weight is 1080 g/mol. The zero-order valence-electron chi connectivity index (χ0n) is 50.6. The summed E-state index contributed by atoms with van der Waals surface area (Å²) in [6, 6.07) is -0.864. The molecule has 0 saturated heterocycles. The SMILES string of the molecule is CCCCCCC/C=C\C/C=C\CCCCCCCCCCCCCCCCCCCC(=O)NC(COP(=O)(O)OCC[N+](C)(C)C)C(O)/C=C/CC/C=C/CCCCCCCCCCCCCCCCCCCC. The highest BCUT2D eigenvalue weighted by Crippen LogP contribution is 2.43. The zero-order valence-corrected chi connectivity index (χ0v) is 51.4. The Labute approximate surface area is 467 Å². The Hall–Kier alpha value is -1.54. The number of unbranched alkanes of at least 4 members (excludes halogenated alkanes) is 41. The average Bonchev–Trinajstić information content (AvgIpc) is 3.37. The quantitative estimate of drug-likeness (QED) is 0.0243. The first-order chi connectivity index (χ1) is 36.5. The molecule has 0 bridgehead atoms. The summed E-state index contributed by atoms with van der Waals surface area (Å²) in [4.78, 5) is 23.4. The lowest BCUT2D eigenvalue weighted by Crippen LogP contribution is -2.45. The molecule has 0 fully saturated rings. The number of quaternary nitrogens is 1. The highest BCUT2D eigenvalue weighted by atomic mass is 31.2. The molecule has 9 heteroatoms. The molecule has 0 aromatic carbocycles. The lowest BCUT2D eigenvalue weighted by Gasteiger charge is -2.25. The lowest BCUT2D eigenvalue weighted by molar-refractivity contribution is -0.870. The molecule has 3 unspecified atom stereocenters. The number of amides is 1. The van der Waals surface area contributed by atoms with Gasteiger partial charge in [-0.1, -0.05) is 294 Å². The van der Waals surface area contributed by atoms with E-state index in [4.69, 9.17) is 9.05 Å². The molecular formula is C66H128N2O6P+. The summed E-state index contributed by atoms with van der Waals surface area (Å²) in [5, 5.41) is 14.0. The fraction of sp³-hybridized carbons (Fsp3) is 0.864. The van der Waals surface area contributed by atoms with E-state index in [1.165, 1.54) is 250 Å². The van der Waals surface area contributed by atoms with E-state index < -0.39 is 20.0 Å². The van der Waals surface area contributed by atoms with Crippen molar-refractivity contribution in [1.29, 1.82) is 0 Å².